The van der Waals surface area contributed by atoms with Crippen molar-refractivity contribution in [1.29, 1.82) is 0 Å². The third-order valence-corrected chi connectivity index (χ3v) is 6.12. The number of rotatable bonds is 4. The number of ether oxygens (including phenoxy) is 1. The number of aromatic nitrogens is 2. The van der Waals surface area contributed by atoms with Crippen molar-refractivity contribution in [1.82, 2.24) is 10.2 Å². The third kappa shape index (κ3) is 3.62. The monoisotopic (exact) mass is 377 g/mol. The van der Waals surface area contributed by atoms with Crippen LogP contribution in [-0.4, -0.2) is 29.9 Å². The summed E-state index contributed by atoms with van der Waals surface area (Å²) < 4.78 is 5.90. The van der Waals surface area contributed by atoms with E-state index in [2.05, 4.69) is 32.6 Å². The summed E-state index contributed by atoms with van der Waals surface area (Å²) in [6, 6.07) is 12.1. The first-order valence-electron chi connectivity index (χ1n) is 7.75. The van der Waals surface area contributed by atoms with Gasteiger partial charge in [0.1, 0.15) is 11.1 Å². The summed E-state index contributed by atoms with van der Waals surface area (Å²) in [5.74, 6) is 0. The summed E-state index contributed by atoms with van der Waals surface area (Å²) >= 11 is 9.33. The van der Waals surface area contributed by atoms with Gasteiger partial charge in [0, 0.05) is 22.9 Å². The molecule has 0 radical (unpaired) electrons. The number of nitrogens with zero attached hydrogens (tertiary/aromatic N) is 3. The molecule has 1 aromatic carbocycles. The molecule has 1 atom stereocenters. The number of benzene rings is 1. The van der Waals surface area contributed by atoms with Gasteiger partial charge in [-0.15, -0.1) is 21.5 Å². The Labute approximate surface area is 153 Å². The van der Waals surface area contributed by atoms with Crippen LogP contribution in [0.5, 0.6) is 0 Å². The van der Waals surface area contributed by atoms with E-state index in [9.17, 15) is 0 Å². The first kappa shape index (κ1) is 16.0. The lowest BCUT2D eigenvalue weighted by Gasteiger charge is -2.31. The second-order valence-electron chi connectivity index (χ2n) is 5.60. The Bertz CT molecular complexity index is 789. The zero-order chi connectivity index (χ0) is 16.4. The molecule has 0 saturated carbocycles. The van der Waals surface area contributed by atoms with Crippen LogP contribution in [0.3, 0.4) is 0 Å². The summed E-state index contributed by atoms with van der Waals surface area (Å²) in [6.45, 7) is 2.40. The van der Waals surface area contributed by atoms with E-state index in [1.54, 1.807) is 22.7 Å². The maximum absolute atomic E-state index is 5.93. The van der Waals surface area contributed by atoms with Gasteiger partial charge in [0.15, 0.2) is 0 Å². The zero-order valence-electron chi connectivity index (χ0n) is 12.9. The highest BCUT2D eigenvalue weighted by molar-refractivity contribution is 7.15. The molecule has 0 N–H and O–H groups in total. The number of thiophene rings is 1. The van der Waals surface area contributed by atoms with Crippen molar-refractivity contribution in [3.8, 4) is 0 Å². The normalized spacial score (nSPS) is 18.0. The first-order chi connectivity index (χ1) is 11.8. The van der Waals surface area contributed by atoms with Crippen LogP contribution in [0.2, 0.25) is 5.02 Å². The van der Waals surface area contributed by atoms with E-state index >= 15 is 0 Å². The highest BCUT2D eigenvalue weighted by Crippen LogP contribution is 2.30. The molecule has 1 aliphatic heterocycles. The molecule has 0 aliphatic carbocycles. The van der Waals surface area contributed by atoms with E-state index in [1.165, 1.54) is 10.4 Å². The van der Waals surface area contributed by atoms with Gasteiger partial charge in [0.2, 0.25) is 5.13 Å². The van der Waals surface area contributed by atoms with Crippen molar-refractivity contribution in [2.75, 3.05) is 24.6 Å². The van der Waals surface area contributed by atoms with Crippen molar-refractivity contribution in [3.63, 3.8) is 0 Å². The lowest BCUT2D eigenvalue weighted by molar-refractivity contribution is 0.0421. The number of hydrogen-bond donors (Lipinski definition) is 0. The lowest BCUT2D eigenvalue weighted by Crippen LogP contribution is -2.38. The number of halogens is 1. The van der Waals surface area contributed by atoms with Gasteiger partial charge in [0.25, 0.3) is 0 Å². The maximum atomic E-state index is 5.93. The van der Waals surface area contributed by atoms with Gasteiger partial charge >= 0.3 is 0 Å². The molecule has 4 rings (SSSR count). The Morgan fingerprint density at radius 2 is 2.08 bits per heavy atom. The van der Waals surface area contributed by atoms with Gasteiger partial charge in [0.05, 0.1) is 13.2 Å². The highest BCUT2D eigenvalue weighted by atomic mass is 35.5. The molecule has 0 spiro atoms. The molecule has 1 aliphatic rings. The average Bonchev–Trinajstić information content (AvgIpc) is 3.29. The molecule has 7 heteroatoms. The largest absolute Gasteiger partial charge is 0.369 e. The molecule has 1 saturated heterocycles. The Morgan fingerprint density at radius 3 is 2.88 bits per heavy atom. The molecule has 1 unspecified atom stereocenters. The lowest BCUT2D eigenvalue weighted by atomic mass is 10.2. The van der Waals surface area contributed by atoms with Gasteiger partial charge < -0.3 is 9.64 Å². The standard InChI is InChI=1S/C17H16ClN3OS2/c18-13-5-3-12(4-6-13)10-16-19-20-17(24-16)21-7-8-22-14(11-21)15-2-1-9-23-15/h1-6,9,14H,7-8,10-11H2. The molecule has 0 amide bonds. The Hall–Kier alpha value is -1.47. The number of anilines is 1. The molecule has 3 heterocycles. The molecule has 1 fully saturated rings. The second-order valence-corrected chi connectivity index (χ2v) is 8.06. The van der Waals surface area contributed by atoms with Crippen molar-refractivity contribution >= 4 is 39.4 Å². The summed E-state index contributed by atoms with van der Waals surface area (Å²) in [7, 11) is 0. The maximum Gasteiger partial charge on any atom is 0.208 e. The van der Waals surface area contributed by atoms with Crippen molar-refractivity contribution in [2.24, 2.45) is 0 Å². The van der Waals surface area contributed by atoms with E-state index in [4.69, 9.17) is 16.3 Å². The van der Waals surface area contributed by atoms with Gasteiger partial charge in [-0.25, -0.2) is 0 Å². The fourth-order valence-electron chi connectivity index (χ4n) is 2.69. The highest BCUT2D eigenvalue weighted by Gasteiger charge is 2.25. The molecule has 3 aromatic rings. The smallest absolute Gasteiger partial charge is 0.208 e. The van der Waals surface area contributed by atoms with Crippen LogP contribution in [-0.2, 0) is 11.2 Å². The van der Waals surface area contributed by atoms with Crippen molar-refractivity contribution < 1.29 is 4.74 Å². The average molecular weight is 378 g/mol. The SMILES string of the molecule is Clc1ccc(Cc2nnc(N3CCOC(c4cccs4)C3)s2)cc1. The van der Waals surface area contributed by atoms with Gasteiger partial charge in [-0.3, -0.25) is 0 Å². The van der Waals surface area contributed by atoms with Gasteiger partial charge in [-0.05, 0) is 29.1 Å². The predicted octanol–water partition coefficient (Wildman–Crippen LogP) is 4.42. The van der Waals surface area contributed by atoms with E-state index in [-0.39, 0.29) is 6.10 Å². The quantitative estimate of drug-likeness (QED) is 0.674. The minimum atomic E-state index is 0.127. The minimum absolute atomic E-state index is 0.127. The molecule has 24 heavy (non-hydrogen) atoms. The topological polar surface area (TPSA) is 38.2 Å². The predicted molar refractivity (Wildman–Crippen MR) is 99.4 cm³/mol. The van der Waals surface area contributed by atoms with Crippen LogP contribution in [0.4, 0.5) is 5.13 Å². The third-order valence-electron chi connectivity index (χ3n) is 3.92. The van der Waals surface area contributed by atoms with Crippen LogP contribution in [0.25, 0.3) is 0 Å². The van der Waals surface area contributed by atoms with E-state index in [1.807, 2.05) is 24.3 Å². The van der Waals surface area contributed by atoms with E-state index in [0.29, 0.717) is 6.61 Å². The Morgan fingerprint density at radius 1 is 1.21 bits per heavy atom. The van der Waals surface area contributed by atoms with Gasteiger partial charge in [-0.1, -0.05) is 41.1 Å². The fourth-order valence-corrected chi connectivity index (χ4v) is 4.49. The van der Waals surface area contributed by atoms with Crippen LogP contribution in [0.1, 0.15) is 21.6 Å². The first-order valence-corrected chi connectivity index (χ1v) is 9.82. The Balaban J connectivity index is 1.45. The van der Waals surface area contributed by atoms with Crippen molar-refractivity contribution in [3.05, 3.63) is 62.2 Å². The Kier molecular flexibility index (Phi) is 4.80. The van der Waals surface area contributed by atoms with Crippen LogP contribution < -0.4 is 4.90 Å². The van der Waals surface area contributed by atoms with Gasteiger partial charge in [-0.2, -0.15) is 0 Å². The van der Waals surface area contributed by atoms with E-state index in [0.717, 1.165) is 34.7 Å². The molecule has 2 aromatic heterocycles. The molecular formula is C17H16ClN3OS2. The molecular weight excluding hydrogens is 362 g/mol. The van der Waals surface area contributed by atoms with Crippen LogP contribution in [0, 0.1) is 0 Å². The van der Waals surface area contributed by atoms with Crippen LogP contribution in [0.15, 0.2) is 41.8 Å². The summed E-state index contributed by atoms with van der Waals surface area (Å²) in [5, 5.41) is 13.6. The summed E-state index contributed by atoms with van der Waals surface area (Å²) in [4.78, 5) is 3.54. The molecule has 124 valence electrons. The van der Waals surface area contributed by atoms with E-state index < -0.39 is 0 Å². The molecule has 0 bridgehead atoms. The van der Waals surface area contributed by atoms with Crippen molar-refractivity contribution in [2.45, 2.75) is 12.5 Å². The summed E-state index contributed by atoms with van der Waals surface area (Å²) in [5.41, 5.74) is 1.19. The minimum Gasteiger partial charge on any atom is -0.369 e. The zero-order valence-corrected chi connectivity index (χ0v) is 15.3. The van der Waals surface area contributed by atoms with Crippen LogP contribution >= 0.6 is 34.3 Å². The number of hydrogen-bond acceptors (Lipinski definition) is 6. The fraction of sp³-hybridized carbons (Fsp3) is 0.294. The summed E-state index contributed by atoms with van der Waals surface area (Å²) in [6.07, 6.45) is 0.912. The molecule has 4 nitrogen and oxygen atoms in total. The second kappa shape index (κ2) is 7.19. The number of morpholine rings is 1.